The summed E-state index contributed by atoms with van der Waals surface area (Å²) < 4.78 is 5.38. The Morgan fingerprint density at radius 2 is 1.81 bits per heavy atom. The van der Waals surface area contributed by atoms with Crippen LogP contribution in [0.15, 0.2) is 42.5 Å². The maximum atomic E-state index is 11.6. The molecule has 0 aliphatic heterocycles. The summed E-state index contributed by atoms with van der Waals surface area (Å²) in [4.78, 5) is 20.6. The number of carboxylic acids is 1. The number of hydrogen-bond acceptors (Lipinski definition) is 3. The second-order valence-electron chi connectivity index (χ2n) is 4.99. The Kier molecular flexibility index (Phi) is 7.87. The Bertz CT molecular complexity index is 455. The topological polar surface area (TPSA) is 63.6 Å². The summed E-state index contributed by atoms with van der Waals surface area (Å²) in [6, 6.07) is 9.43. The van der Waals surface area contributed by atoms with Crippen LogP contribution in [0.2, 0.25) is 0 Å². The molecule has 0 saturated heterocycles. The number of benzene rings is 1. The fourth-order valence-corrected chi connectivity index (χ4v) is 2.11. The normalized spacial score (nSPS) is 14.5. The van der Waals surface area contributed by atoms with Gasteiger partial charge >= 0.3 is 0 Å². The highest BCUT2D eigenvalue weighted by Crippen LogP contribution is 2.25. The molecule has 0 unspecified atom stereocenters. The Hall–Kier alpha value is -2.10. The van der Waals surface area contributed by atoms with Crippen LogP contribution in [-0.4, -0.2) is 23.5 Å². The van der Waals surface area contributed by atoms with Crippen molar-refractivity contribution < 1.29 is 19.4 Å². The van der Waals surface area contributed by atoms with Gasteiger partial charge < -0.3 is 9.84 Å². The molecule has 4 nitrogen and oxygen atoms in total. The fraction of sp³-hybridized carbons (Fsp3) is 0.412. The van der Waals surface area contributed by atoms with E-state index in [1.807, 2.05) is 36.4 Å². The first kappa shape index (κ1) is 17.0. The third-order valence-corrected chi connectivity index (χ3v) is 3.08. The lowest BCUT2D eigenvalue weighted by atomic mass is 10.1. The molecular weight excluding hydrogens is 268 g/mol. The highest BCUT2D eigenvalue weighted by molar-refractivity contribution is 5.90. The van der Waals surface area contributed by atoms with Crippen LogP contribution >= 0.6 is 0 Å². The van der Waals surface area contributed by atoms with Crippen LogP contribution in [0.1, 0.15) is 32.6 Å². The first-order valence-electron chi connectivity index (χ1n) is 7.16. The Labute approximate surface area is 125 Å². The van der Waals surface area contributed by atoms with Crippen LogP contribution in [0.25, 0.3) is 0 Å². The largest absolute Gasteiger partial charge is 0.485 e. The van der Waals surface area contributed by atoms with Crippen LogP contribution in [0.5, 0.6) is 5.75 Å². The van der Waals surface area contributed by atoms with Gasteiger partial charge in [-0.3, -0.25) is 9.59 Å². The molecule has 1 aliphatic carbocycles. The maximum absolute atomic E-state index is 11.6. The van der Waals surface area contributed by atoms with Crippen LogP contribution in [0.4, 0.5) is 0 Å². The van der Waals surface area contributed by atoms with E-state index < -0.39 is 5.97 Å². The molecule has 114 valence electrons. The van der Waals surface area contributed by atoms with Gasteiger partial charge in [-0.05, 0) is 37.0 Å². The van der Waals surface area contributed by atoms with E-state index in [-0.39, 0.29) is 12.4 Å². The number of ketones is 1. The zero-order chi connectivity index (χ0) is 15.5. The molecular formula is C17H22O4. The summed E-state index contributed by atoms with van der Waals surface area (Å²) in [6.07, 6.45) is 8.77. The number of allylic oxidation sites excluding steroid dienone is 1. The summed E-state index contributed by atoms with van der Waals surface area (Å²) in [6.45, 7) is 1.22. The van der Waals surface area contributed by atoms with Gasteiger partial charge in [0.25, 0.3) is 5.97 Å². The van der Waals surface area contributed by atoms with Crippen LogP contribution < -0.4 is 4.74 Å². The number of para-hydroxylation sites is 1. The third kappa shape index (κ3) is 8.63. The molecule has 1 fully saturated rings. The summed E-state index contributed by atoms with van der Waals surface area (Å²) >= 11 is 0. The molecule has 1 saturated carbocycles. The van der Waals surface area contributed by atoms with Gasteiger partial charge in [-0.15, -0.1) is 0 Å². The van der Waals surface area contributed by atoms with E-state index in [2.05, 4.69) is 0 Å². The van der Waals surface area contributed by atoms with Gasteiger partial charge in [0.1, 0.15) is 5.75 Å². The number of ether oxygens (including phenoxy) is 1. The average Bonchev–Trinajstić information content (AvgIpc) is 2.97. The van der Waals surface area contributed by atoms with Crippen molar-refractivity contribution in [2.45, 2.75) is 32.6 Å². The first-order valence-corrected chi connectivity index (χ1v) is 7.16. The van der Waals surface area contributed by atoms with E-state index in [0.717, 1.165) is 12.7 Å². The van der Waals surface area contributed by atoms with E-state index in [1.54, 1.807) is 6.08 Å². The summed E-state index contributed by atoms with van der Waals surface area (Å²) in [7, 11) is 0. The van der Waals surface area contributed by atoms with E-state index >= 15 is 0 Å². The monoisotopic (exact) mass is 290 g/mol. The van der Waals surface area contributed by atoms with Gasteiger partial charge in [0, 0.05) is 6.92 Å². The molecule has 4 heteroatoms. The second-order valence-corrected chi connectivity index (χ2v) is 4.99. The van der Waals surface area contributed by atoms with Crippen molar-refractivity contribution in [1.82, 2.24) is 0 Å². The van der Waals surface area contributed by atoms with Gasteiger partial charge in [-0.1, -0.05) is 37.1 Å². The van der Waals surface area contributed by atoms with Gasteiger partial charge in [-0.25, -0.2) is 0 Å². The highest BCUT2D eigenvalue weighted by Gasteiger charge is 2.11. The Morgan fingerprint density at radius 1 is 1.24 bits per heavy atom. The maximum Gasteiger partial charge on any atom is 0.300 e. The minimum Gasteiger partial charge on any atom is -0.485 e. The van der Waals surface area contributed by atoms with E-state index in [1.165, 1.54) is 25.7 Å². The molecule has 0 bridgehead atoms. The van der Waals surface area contributed by atoms with Crippen molar-refractivity contribution in [3.63, 3.8) is 0 Å². The predicted molar refractivity (Wildman–Crippen MR) is 81.4 cm³/mol. The van der Waals surface area contributed by atoms with Crippen molar-refractivity contribution in [3.05, 3.63) is 42.5 Å². The third-order valence-electron chi connectivity index (χ3n) is 3.08. The number of aliphatic carboxylic acids is 1. The number of carbonyl (C=O) groups excluding carboxylic acids is 1. The minimum atomic E-state index is -0.833. The smallest absolute Gasteiger partial charge is 0.300 e. The number of carbonyl (C=O) groups is 2. The average molecular weight is 290 g/mol. The van der Waals surface area contributed by atoms with Crippen LogP contribution in [0, 0.1) is 5.92 Å². The quantitative estimate of drug-likeness (QED) is 0.843. The fourth-order valence-electron chi connectivity index (χ4n) is 2.11. The number of carboxylic acid groups (broad SMARTS) is 1. The number of rotatable bonds is 5. The molecule has 21 heavy (non-hydrogen) atoms. The van der Waals surface area contributed by atoms with Crippen molar-refractivity contribution in [1.29, 1.82) is 0 Å². The molecule has 1 N–H and O–H groups in total. The molecule has 0 radical (unpaired) electrons. The zero-order valence-corrected chi connectivity index (χ0v) is 12.3. The van der Waals surface area contributed by atoms with Crippen molar-refractivity contribution in [2.24, 2.45) is 5.92 Å². The predicted octanol–water partition coefficient (Wildman–Crippen LogP) is 3.47. The first-order chi connectivity index (χ1) is 10.1. The highest BCUT2D eigenvalue weighted by atomic mass is 16.5. The minimum absolute atomic E-state index is 0.0424. The Morgan fingerprint density at radius 3 is 2.38 bits per heavy atom. The van der Waals surface area contributed by atoms with Gasteiger partial charge in [0.05, 0.1) is 0 Å². The molecule has 2 rings (SSSR count). The molecule has 0 amide bonds. The van der Waals surface area contributed by atoms with E-state index in [0.29, 0.717) is 5.92 Å². The molecule has 0 atom stereocenters. The number of hydrogen-bond donors (Lipinski definition) is 1. The molecule has 1 aromatic rings. The van der Waals surface area contributed by atoms with Crippen LogP contribution in [-0.2, 0) is 9.59 Å². The van der Waals surface area contributed by atoms with E-state index in [4.69, 9.17) is 14.6 Å². The van der Waals surface area contributed by atoms with Crippen molar-refractivity contribution in [3.8, 4) is 5.75 Å². The van der Waals surface area contributed by atoms with Gasteiger partial charge in [0.15, 0.2) is 12.4 Å². The standard InChI is InChI=1S/C15H18O2.C2H4O2/c16-14(11-10-13-6-4-5-7-13)12-17-15-8-2-1-3-9-15;1-2(3)4/h1-3,8-11,13H,4-7,12H2;1H3,(H,3,4)/b11-10+;. The second kappa shape index (κ2) is 9.75. The van der Waals surface area contributed by atoms with Crippen LogP contribution in [0.3, 0.4) is 0 Å². The summed E-state index contributed by atoms with van der Waals surface area (Å²) in [5.74, 6) is 0.562. The van der Waals surface area contributed by atoms with Gasteiger partial charge in [-0.2, -0.15) is 0 Å². The molecule has 0 aromatic heterocycles. The van der Waals surface area contributed by atoms with Crippen molar-refractivity contribution in [2.75, 3.05) is 6.61 Å². The molecule has 1 aliphatic rings. The van der Waals surface area contributed by atoms with E-state index in [9.17, 15) is 4.79 Å². The SMILES string of the molecule is CC(=O)O.O=C(/C=C/C1CCCC1)COc1ccccc1. The Balaban J connectivity index is 0.000000491. The van der Waals surface area contributed by atoms with Gasteiger partial charge in [0.2, 0.25) is 0 Å². The van der Waals surface area contributed by atoms with Crippen molar-refractivity contribution >= 4 is 11.8 Å². The lowest BCUT2D eigenvalue weighted by Gasteiger charge is -2.03. The molecule has 0 heterocycles. The molecule has 0 spiro atoms. The zero-order valence-electron chi connectivity index (χ0n) is 12.3. The molecule has 1 aromatic carbocycles. The lowest BCUT2D eigenvalue weighted by Crippen LogP contribution is -2.08. The lowest BCUT2D eigenvalue weighted by molar-refractivity contribution is -0.134. The summed E-state index contributed by atoms with van der Waals surface area (Å²) in [5.41, 5.74) is 0. The summed E-state index contributed by atoms with van der Waals surface area (Å²) in [5, 5.41) is 7.42.